The van der Waals surface area contributed by atoms with Gasteiger partial charge in [-0.15, -0.1) is 0 Å². The quantitative estimate of drug-likeness (QED) is 0.812. The first kappa shape index (κ1) is 15.0. The van der Waals surface area contributed by atoms with Crippen molar-refractivity contribution in [2.24, 2.45) is 11.3 Å². The summed E-state index contributed by atoms with van der Waals surface area (Å²) in [6.45, 7) is 1.53. The highest BCUT2D eigenvalue weighted by Crippen LogP contribution is 2.60. The molecule has 0 saturated heterocycles. The molecular formula is C19H26N2O2. The van der Waals surface area contributed by atoms with Gasteiger partial charge in [-0.25, -0.2) is 4.79 Å². The lowest BCUT2D eigenvalue weighted by Gasteiger charge is -2.37. The zero-order valence-corrected chi connectivity index (χ0v) is 13.6. The molecule has 0 heterocycles. The van der Waals surface area contributed by atoms with Gasteiger partial charge in [0, 0.05) is 18.6 Å². The Balaban J connectivity index is 1.10. The van der Waals surface area contributed by atoms with E-state index >= 15 is 0 Å². The lowest BCUT2D eigenvalue weighted by molar-refractivity contribution is 0.124. The molecule has 0 bridgehead atoms. The minimum Gasteiger partial charge on any atom is -0.445 e. The molecule has 4 heteroatoms. The van der Waals surface area contributed by atoms with E-state index in [9.17, 15) is 4.79 Å². The number of hydrogen-bond acceptors (Lipinski definition) is 3. The molecule has 0 aromatic heterocycles. The maximum absolute atomic E-state index is 11.8. The summed E-state index contributed by atoms with van der Waals surface area (Å²) in [5.41, 5.74) is 1.68. The van der Waals surface area contributed by atoms with Gasteiger partial charge in [-0.1, -0.05) is 30.3 Å². The van der Waals surface area contributed by atoms with Crippen molar-refractivity contribution in [1.29, 1.82) is 0 Å². The molecular weight excluding hydrogens is 288 g/mol. The summed E-state index contributed by atoms with van der Waals surface area (Å²) in [4.78, 5) is 11.8. The van der Waals surface area contributed by atoms with Crippen LogP contribution in [0.1, 0.15) is 44.1 Å². The zero-order chi connectivity index (χ0) is 15.7. The molecule has 2 N–H and O–H groups in total. The number of carbonyl (C=O) groups is 1. The van der Waals surface area contributed by atoms with Crippen molar-refractivity contribution < 1.29 is 9.53 Å². The Morgan fingerprint density at radius 1 is 1.13 bits per heavy atom. The van der Waals surface area contributed by atoms with Crippen molar-refractivity contribution in [3.05, 3.63) is 35.9 Å². The normalized spacial score (nSPS) is 27.8. The molecule has 1 aromatic carbocycles. The van der Waals surface area contributed by atoms with Crippen LogP contribution in [0.5, 0.6) is 0 Å². The van der Waals surface area contributed by atoms with Crippen LogP contribution < -0.4 is 10.6 Å². The van der Waals surface area contributed by atoms with E-state index in [0.717, 1.165) is 24.3 Å². The summed E-state index contributed by atoms with van der Waals surface area (Å²) >= 11 is 0. The number of alkyl carbamates (subject to hydrolysis) is 1. The molecule has 3 aliphatic carbocycles. The number of hydrogen-bond donors (Lipinski definition) is 2. The van der Waals surface area contributed by atoms with E-state index < -0.39 is 0 Å². The number of amides is 1. The van der Waals surface area contributed by atoms with Gasteiger partial charge in [-0.05, 0) is 55.4 Å². The van der Waals surface area contributed by atoms with E-state index in [4.69, 9.17) is 4.74 Å². The van der Waals surface area contributed by atoms with Gasteiger partial charge in [-0.2, -0.15) is 0 Å². The summed E-state index contributed by atoms with van der Waals surface area (Å²) in [5, 5.41) is 6.68. The van der Waals surface area contributed by atoms with E-state index in [0.29, 0.717) is 18.1 Å². The van der Waals surface area contributed by atoms with Gasteiger partial charge in [-0.3, -0.25) is 0 Å². The lowest BCUT2D eigenvalue weighted by atomic mass is 9.86. The monoisotopic (exact) mass is 314 g/mol. The number of ether oxygens (including phenoxy) is 1. The van der Waals surface area contributed by atoms with E-state index in [2.05, 4.69) is 10.6 Å². The second-order valence-electron chi connectivity index (χ2n) is 7.59. The molecule has 0 spiro atoms. The Kier molecular flexibility index (Phi) is 4.02. The maximum atomic E-state index is 11.8. The molecule has 1 aromatic rings. The highest BCUT2D eigenvalue weighted by molar-refractivity contribution is 5.67. The van der Waals surface area contributed by atoms with E-state index in [1.807, 2.05) is 30.3 Å². The molecule has 124 valence electrons. The molecule has 1 amide bonds. The molecule has 3 aliphatic rings. The van der Waals surface area contributed by atoms with Crippen molar-refractivity contribution in [3.63, 3.8) is 0 Å². The predicted molar refractivity (Wildman–Crippen MR) is 89.0 cm³/mol. The molecule has 23 heavy (non-hydrogen) atoms. The average molecular weight is 314 g/mol. The van der Waals surface area contributed by atoms with Gasteiger partial charge in [0.2, 0.25) is 0 Å². The molecule has 0 aliphatic heterocycles. The van der Waals surface area contributed by atoms with Crippen LogP contribution in [0.2, 0.25) is 0 Å². The SMILES string of the molecule is O=C(NC1CC(NCC2(C3CC3)CC2)C1)OCc1ccccc1. The van der Waals surface area contributed by atoms with Crippen molar-refractivity contribution in [2.45, 2.75) is 57.2 Å². The summed E-state index contributed by atoms with van der Waals surface area (Å²) in [6.07, 6.45) is 7.50. The summed E-state index contributed by atoms with van der Waals surface area (Å²) < 4.78 is 5.26. The Hall–Kier alpha value is -1.55. The van der Waals surface area contributed by atoms with Crippen molar-refractivity contribution in [1.82, 2.24) is 10.6 Å². The second-order valence-corrected chi connectivity index (χ2v) is 7.59. The van der Waals surface area contributed by atoms with Crippen LogP contribution in [-0.4, -0.2) is 24.7 Å². The van der Waals surface area contributed by atoms with Crippen LogP contribution in [0, 0.1) is 11.3 Å². The molecule has 4 rings (SSSR count). The first-order chi connectivity index (χ1) is 11.2. The smallest absolute Gasteiger partial charge is 0.407 e. The largest absolute Gasteiger partial charge is 0.445 e. The molecule has 0 radical (unpaired) electrons. The molecule has 3 saturated carbocycles. The minimum absolute atomic E-state index is 0.270. The van der Waals surface area contributed by atoms with Crippen molar-refractivity contribution >= 4 is 6.09 Å². The van der Waals surface area contributed by atoms with Crippen molar-refractivity contribution in [3.8, 4) is 0 Å². The van der Waals surface area contributed by atoms with Gasteiger partial charge in [0.25, 0.3) is 0 Å². The minimum atomic E-state index is -0.297. The highest BCUT2D eigenvalue weighted by Gasteiger charge is 2.53. The summed E-state index contributed by atoms with van der Waals surface area (Å²) in [7, 11) is 0. The fourth-order valence-electron chi connectivity index (χ4n) is 3.77. The Morgan fingerprint density at radius 2 is 1.87 bits per heavy atom. The first-order valence-electron chi connectivity index (χ1n) is 8.94. The topological polar surface area (TPSA) is 50.4 Å². The van der Waals surface area contributed by atoms with Gasteiger partial charge in [0.15, 0.2) is 0 Å². The van der Waals surface area contributed by atoms with Gasteiger partial charge in [0.05, 0.1) is 0 Å². The second kappa shape index (κ2) is 6.16. The van der Waals surface area contributed by atoms with Gasteiger partial charge < -0.3 is 15.4 Å². The molecule has 0 atom stereocenters. The number of carbonyl (C=O) groups excluding carboxylic acids is 1. The predicted octanol–water partition coefficient (Wildman–Crippen LogP) is 3.22. The average Bonchev–Trinajstić information content (AvgIpc) is 3.41. The molecule has 3 fully saturated rings. The molecule has 0 unspecified atom stereocenters. The van der Waals surface area contributed by atoms with E-state index in [1.165, 1.54) is 32.2 Å². The zero-order valence-electron chi connectivity index (χ0n) is 13.6. The Labute approximate surface area is 138 Å². The standard InChI is InChI=1S/C19H26N2O2/c22-18(23-12-14-4-2-1-3-5-14)21-17-10-16(11-17)20-13-19(8-9-19)15-6-7-15/h1-5,15-17,20H,6-13H2,(H,21,22). The summed E-state index contributed by atoms with van der Waals surface area (Å²) in [5.74, 6) is 1.01. The van der Waals surface area contributed by atoms with Crippen molar-refractivity contribution in [2.75, 3.05) is 6.54 Å². The number of nitrogens with one attached hydrogen (secondary N) is 2. The Morgan fingerprint density at radius 3 is 2.52 bits per heavy atom. The van der Waals surface area contributed by atoms with Gasteiger partial charge in [0.1, 0.15) is 6.61 Å². The van der Waals surface area contributed by atoms with Crippen LogP contribution >= 0.6 is 0 Å². The maximum Gasteiger partial charge on any atom is 0.407 e. The fourth-order valence-corrected chi connectivity index (χ4v) is 3.77. The fraction of sp³-hybridized carbons (Fsp3) is 0.632. The van der Waals surface area contributed by atoms with E-state index in [1.54, 1.807) is 0 Å². The van der Waals surface area contributed by atoms with Crippen LogP contribution in [0.3, 0.4) is 0 Å². The van der Waals surface area contributed by atoms with Crippen LogP contribution in [-0.2, 0) is 11.3 Å². The highest BCUT2D eigenvalue weighted by atomic mass is 16.5. The lowest BCUT2D eigenvalue weighted by Crippen LogP contribution is -2.53. The third-order valence-electron chi connectivity index (χ3n) is 5.75. The van der Waals surface area contributed by atoms with Gasteiger partial charge >= 0.3 is 6.09 Å². The van der Waals surface area contributed by atoms with Crippen LogP contribution in [0.4, 0.5) is 4.79 Å². The molecule has 4 nitrogen and oxygen atoms in total. The van der Waals surface area contributed by atoms with Crippen LogP contribution in [0.25, 0.3) is 0 Å². The number of benzene rings is 1. The van der Waals surface area contributed by atoms with E-state index in [-0.39, 0.29) is 12.1 Å². The first-order valence-corrected chi connectivity index (χ1v) is 8.94. The summed E-state index contributed by atoms with van der Waals surface area (Å²) in [6, 6.07) is 10.6. The third-order valence-corrected chi connectivity index (χ3v) is 5.75. The van der Waals surface area contributed by atoms with Crippen LogP contribution in [0.15, 0.2) is 30.3 Å². The number of rotatable bonds is 7. The third kappa shape index (κ3) is 3.69. The Bertz CT molecular complexity index is 546.